The summed E-state index contributed by atoms with van der Waals surface area (Å²) in [6.45, 7) is -1.17. The first kappa shape index (κ1) is 52.1. The minimum Gasteiger partial charge on any atom is -0.493 e. The molecule has 0 spiro atoms. The highest BCUT2D eigenvalue weighted by Crippen LogP contribution is 2.28. The van der Waals surface area contributed by atoms with Crippen LogP contribution in [0.1, 0.15) is 69.0 Å². The molecule has 0 fully saturated rings. The van der Waals surface area contributed by atoms with Crippen LogP contribution < -0.4 is 30.4 Å². The second-order valence-corrected chi connectivity index (χ2v) is 14.8. The molecule has 20 heteroatoms. The van der Waals surface area contributed by atoms with Gasteiger partial charge in [0.25, 0.3) is 0 Å². The molecule has 0 aliphatic carbocycles. The number of carbonyl (C=O) groups excluding carboxylic acids is 4. The van der Waals surface area contributed by atoms with Crippen LogP contribution in [0.2, 0.25) is 0 Å². The van der Waals surface area contributed by atoms with Crippen LogP contribution in [0.3, 0.4) is 0 Å². The van der Waals surface area contributed by atoms with Gasteiger partial charge in [-0.1, -0.05) is 30.3 Å². The summed E-state index contributed by atoms with van der Waals surface area (Å²) in [6.07, 6.45) is -6.41. The third-order valence-electron chi connectivity index (χ3n) is 9.48. The average Bonchev–Trinajstić information content (AvgIpc) is 3.28. The van der Waals surface area contributed by atoms with Crippen LogP contribution in [-0.2, 0) is 19.1 Å². The number of esters is 4. The number of anilines is 2. The van der Waals surface area contributed by atoms with E-state index < -0.39 is 77.8 Å². The van der Waals surface area contributed by atoms with Gasteiger partial charge in [0.2, 0.25) is 0 Å². The van der Waals surface area contributed by atoms with Crippen LogP contribution >= 0.6 is 0 Å². The van der Waals surface area contributed by atoms with E-state index in [-0.39, 0.29) is 68.0 Å². The Morgan fingerprint density at radius 1 is 0.536 bits per heavy atom. The number of nitrogen functional groups attached to an aromatic ring is 2. The average molecular weight is 971 g/mol. The standard InChI is InChI=1S/C49H42F8N2O10/c50-41-26-36(64-23-1-21-48(52,53)54)14-17-39(41)46(62)68-34-10-3-30(4-11-34)7-19-44(60)66-28-32(38-16-9-33(58)25-43(38)59)29-67-45(61)20-8-31-5-12-35(13-6-31)69-47(63)40-18-15-37(27-42(40)51)65-24-2-22-49(55,56)57/h3-20,25-27,32H,1-2,21-24,28-29,58-59H2/b19-7+,20-8+. The SMILES string of the molecule is Nc1ccc(C(COC(=O)/C=C/c2ccc(OC(=O)c3ccc(OCCCC(F)(F)F)cc3F)cc2)COC(=O)/C=C/c2ccc(OC(=O)c3ccc(OCCCC(F)(F)F)cc3F)cc2)c(N)c1. The molecule has 0 aliphatic rings. The predicted molar refractivity (Wildman–Crippen MR) is 235 cm³/mol. The largest absolute Gasteiger partial charge is 0.493 e. The van der Waals surface area contributed by atoms with Crippen LogP contribution in [0.25, 0.3) is 12.2 Å². The molecule has 5 aromatic rings. The quantitative estimate of drug-likeness (QED) is 0.0178. The van der Waals surface area contributed by atoms with E-state index in [2.05, 4.69) is 0 Å². The molecule has 0 saturated carbocycles. The fraction of sp³-hybridized carbons (Fsp3) is 0.224. The number of halogens is 8. The van der Waals surface area contributed by atoms with Crippen molar-refractivity contribution in [1.29, 1.82) is 0 Å². The molecule has 12 nitrogen and oxygen atoms in total. The van der Waals surface area contributed by atoms with E-state index in [1.54, 1.807) is 12.1 Å². The number of hydrogen-bond donors (Lipinski definition) is 2. The number of rotatable bonds is 21. The van der Waals surface area contributed by atoms with Crippen molar-refractivity contribution in [3.05, 3.63) is 155 Å². The summed E-state index contributed by atoms with van der Waals surface area (Å²) < 4.78 is 135. The Morgan fingerprint density at radius 3 is 1.32 bits per heavy atom. The summed E-state index contributed by atoms with van der Waals surface area (Å²) in [7, 11) is 0. The van der Waals surface area contributed by atoms with E-state index in [1.165, 1.54) is 78.9 Å². The summed E-state index contributed by atoms with van der Waals surface area (Å²) in [4.78, 5) is 50.7. The van der Waals surface area contributed by atoms with Gasteiger partial charge in [-0.05, 0) is 102 Å². The zero-order valence-electron chi connectivity index (χ0n) is 36.1. The molecule has 0 bridgehead atoms. The van der Waals surface area contributed by atoms with Crippen molar-refractivity contribution >= 4 is 47.4 Å². The molecule has 0 heterocycles. The molecule has 0 atom stereocenters. The molecule has 0 aromatic heterocycles. The highest BCUT2D eigenvalue weighted by molar-refractivity contribution is 5.92. The maximum atomic E-state index is 14.6. The van der Waals surface area contributed by atoms with Crippen molar-refractivity contribution in [1.82, 2.24) is 0 Å². The predicted octanol–water partition coefficient (Wildman–Crippen LogP) is 10.6. The van der Waals surface area contributed by atoms with Crippen LogP contribution in [0.15, 0.2) is 115 Å². The molecular weight excluding hydrogens is 929 g/mol. The molecule has 0 aliphatic heterocycles. The van der Waals surface area contributed by atoms with Crippen molar-refractivity contribution in [2.24, 2.45) is 0 Å². The molecule has 5 aromatic carbocycles. The summed E-state index contributed by atoms with van der Waals surface area (Å²) in [5.41, 5.74) is 13.2. The van der Waals surface area contributed by atoms with E-state index in [0.29, 0.717) is 22.4 Å². The summed E-state index contributed by atoms with van der Waals surface area (Å²) in [5, 5.41) is 0. The Bertz CT molecular complexity index is 2480. The first-order chi connectivity index (χ1) is 32.7. The fourth-order valence-electron chi connectivity index (χ4n) is 6.03. The molecular formula is C49H42F8N2O10. The van der Waals surface area contributed by atoms with Gasteiger partial charge in [0.1, 0.15) is 47.8 Å². The highest BCUT2D eigenvalue weighted by atomic mass is 19.4. The third kappa shape index (κ3) is 17.7. The molecule has 364 valence electrons. The Hall–Kier alpha value is -7.90. The van der Waals surface area contributed by atoms with Gasteiger partial charge in [-0.25, -0.2) is 28.0 Å². The topological polar surface area (TPSA) is 176 Å². The number of hydrogen-bond acceptors (Lipinski definition) is 12. The molecule has 0 unspecified atom stereocenters. The van der Waals surface area contributed by atoms with Crippen molar-refractivity contribution in [2.75, 3.05) is 37.9 Å². The van der Waals surface area contributed by atoms with Crippen LogP contribution in [0.4, 0.5) is 46.5 Å². The molecule has 0 amide bonds. The summed E-state index contributed by atoms with van der Waals surface area (Å²) in [6, 6.07) is 22.5. The van der Waals surface area contributed by atoms with Gasteiger partial charge in [0.15, 0.2) is 0 Å². The van der Waals surface area contributed by atoms with E-state index in [4.69, 9.17) is 39.9 Å². The normalized spacial score (nSPS) is 11.7. The summed E-state index contributed by atoms with van der Waals surface area (Å²) in [5.74, 6) is -6.43. The number of ether oxygens (including phenoxy) is 6. The van der Waals surface area contributed by atoms with Gasteiger partial charge in [0, 0.05) is 48.5 Å². The second kappa shape index (κ2) is 24.2. The van der Waals surface area contributed by atoms with Crippen molar-refractivity contribution < 1.29 is 82.7 Å². The van der Waals surface area contributed by atoms with Gasteiger partial charge in [-0.3, -0.25) is 0 Å². The van der Waals surface area contributed by atoms with E-state index in [1.807, 2.05) is 0 Å². The Balaban J connectivity index is 1.09. The lowest BCUT2D eigenvalue weighted by Crippen LogP contribution is -2.19. The third-order valence-corrected chi connectivity index (χ3v) is 9.48. The molecule has 69 heavy (non-hydrogen) atoms. The Kier molecular flexibility index (Phi) is 18.3. The first-order valence-corrected chi connectivity index (χ1v) is 20.7. The van der Waals surface area contributed by atoms with Gasteiger partial charge < -0.3 is 39.9 Å². The van der Waals surface area contributed by atoms with Gasteiger partial charge in [-0.2, -0.15) is 26.3 Å². The Morgan fingerprint density at radius 2 is 0.942 bits per heavy atom. The van der Waals surface area contributed by atoms with Crippen molar-refractivity contribution in [3.63, 3.8) is 0 Å². The molecule has 4 N–H and O–H groups in total. The first-order valence-electron chi connectivity index (χ1n) is 20.7. The van der Waals surface area contributed by atoms with Crippen LogP contribution in [0, 0.1) is 11.6 Å². The van der Waals surface area contributed by atoms with Crippen LogP contribution in [0.5, 0.6) is 23.0 Å². The van der Waals surface area contributed by atoms with Crippen molar-refractivity contribution in [3.8, 4) is 23.0 Å². The zero-order valence-corrected chi connectivity index (χ0v) is 36.1. The molecule has 0 saturated heterocycles. The van der Waals surface area contributed by atoms with Crippen LogP contribution in [-0.4, -0.2) is 62.7 Å². The van der Waals surface area contributed by atoms with E-state index in [0.717, 1.165) is 36.4 Å². The van der Waals surface area contributed by atoms with E-state index >= 15 is 0 Å². The van der Waals surface area contributed by atoms with Gasteiger partial charge in [0.05, 0.1) is 30.3 Å². The Labute approximate surface area is 389 Å². The van der Waals surface area contributed by atoms with Crippen molar-refractivity contribution in [2.45, 2.75) is 44.0 Å². The number of carbonyl (C=O) groups is 4. The maximum Gasteiger partial charge on any atom is 0.389 e. The number of benzene rings is 5. The fourth-order valence-corrected chi connectivity index (χ4v) is 6.03. The maximum absolute atomic E-state index is 14.6. The lowest BCUT2D eigenvalue weighted by Gasteiger charge is -2.19. The number of nitrogens with two attached hydrogens (primary N) is 2. The van der Waals surface area contributed by atoms with Gasteiger partial charge in [-0.15, -0.1) is 0 Å². The minimum absolute atomic E-state index is 0.0379. The molecule has 0 radical (unpaired) electrons. The van der Waals surface area contributed by atoms with E-state index in [9.17, 15) is 54.3 Å². The summed E-state index contributed by atoms with van der Waals surface area (Å²) >= 11 is 0. The smallest absolute Gasteiger partial charge is 0.389 e. The monoisotopic (exact) mass is 970 g/mol. The molecule has 5 rings (SSSR count). The number of alkyl halides is 6. The highest BCUT2D eigenvalue weighted by Gasteiger charge is 2.27. The van der Waals surface area contributed by atoms with Gasteiger partial charge >= 0.3 is 36.2 Å². The lowest BCUT2D eigenvalue weighted by atomic mass is 9.98. The zero-order chi connectivity index (χ0) is 50.1. The lowest BCUT2D eigenvalue weighted by molar-refractivity contribution is -0.141. The second-order valence-electron chi connectivity index (χ2n) is 14.8. The minimum atomic E-state index is -4.35.